The van der Waals surface area contributed by atoms with Crippen LogP contribution in [0.2, 0.25) is 0 Å². The summed E-state index contributed by atoms with van der Waals surface area (Å²) in [5.74, 6) is -0.0557. The number of hydrogen-bond donors (Lipinski definition) is 0. The maximum absolute atomic E-state index is 11.2. The summed E-state index contributed by atoms with van der Waals surface area (Å²) in [6.07, 6.45) is 11.8. The lowest BCUT2D eigenvalue weighted by molar-refractivity contribution is -0.149. The van der Waals surface area contributed by atoms with Crippen LogP contribution in [0.15, 0.2) is 0 Å². The van der Waals surface area contributed by atoms with Gasteiger partial charge in [-0.1, -0.05) is 59.3 Å². The largest absolute Gasteiger partial charge is 0.462 e. The van der Waals surface area contributed by atoms with Gasteiger partial charge >= 0.3 is 5.97 Å². The predicted octanol–water partition coefficient (Wildman–Crippen LogP) is 4.86. The first kappa shape index (κ1) is 16.5. The zero-order chi connectivity index (χ0) is 12.9. The van der Waals surface area contributed by atoms with E-state index in [4.69, 9.17) is 4.74 Å². The summed E-state index contributed by atoms with van der Waals surface area (Å²) in [5.41, 5.74) is 0. The topological polar surface area (TPSA) is 26.3 Å². The van der Waals surface area contributed by atoms with Crippen molar-refractivity contribution >= 4 is 5.97 Å². The Kier molecular flexibility index (Phi) is 11.6. The molecule has 1 atom stereocenters. The van der Waals surface area contributed by atoms with E-state index in [1.54, 1.807) is 0 Å². The molecule has 0 bridgehead atoms. The molecule has 2 nitrogen and oxygen atoms in total. The number of unbranched alkanes of at least 4 members (excludes halogenated alkanes) is 6. The lowest BCUT2D eigenvalue weighted by Gasteiger charge is -2.15. The molecule has 17 heavy (non-hydrogen) atoms. The first-order chi connectivity index (χ1) is 8.24. The zero-order valence-corrected chi connectivity index (χ0v) is 12.0. The Balaban J connectivity index is 3.40. The fraction of sp³-hybridized carbons (Fsp3) is 0.933. The molecule has 0 spiro atoms. The monoisotopic (exact) mass is 242 g/mol. The van der Waals surface area contributed by atoms with Crippen molar-refractivity contribution in [2.24, 2.45) is 0 Å². The minimum atomic E-state index is -0.0557. The van der Waals surface area contributed by atoms with E-state index in [0.717, 1.165) is 12.8 Å². The normalized spacial score (nSPS) is 12.4. The number of hydrogen-bond acceptors (Lipinski definition) is 2. The molecule has 0 aromatic heterocycles. The van der Waals surface area contributed by atoms with Crippen molar-refractivity contribution in [3.8, 4) is 0 Å². The van der Waals surface area contributed by atoms with Crippen LogP contribution in [0.5, 0.6) is 0 Å². The van der Waals surface area contributed by atoms with Crippen LogP contribution in [0.25, 0.3) is 0 Å². The molecular weight excluding hydrogens is 212 g/mol. The Labute approximate surface area is 107 Å². The van der Waals surface area contributed by atoms with Crippen molar-refractivity contribution in [2.45, 2.75) is 91.1 Å². The molecule has 102 valence electrons. The van der Waals surface area contributed by atoms with E-state index in [1.165, 1.54) is 44.9 Å². The maximum atomic E-state index is 11.2. The zero-order valence-electron chi connectivity index (χ0n) is 12.0. The van der Waals surface area contributed by atoms with Crippen LogP contribution in [0.4, 0.5) is 0 Å². The molecule has 0 rings (SSSR count). The predicted molar refractivity (Wildman–Crippen MR) is 73.1 cm³/mol. The molecule has 2 heteroatoms. The molecule has 0 aliphatic heterocycles. The van der Waals surface area contributed by atoms with Gasteiger partial charge < -0.3 is 4.74 Å². The highest BCUT2D eigenvalue weighted by Gasteiger charge is 2.10. The molecule has 0 saturated heterocycles. The average molecular weight is 242 g/mol. The van der Waals surface area contributed by atoms with Crippen LogP contribution in [0, 0.1) is 0 Å². The quantitative estimate of drug-likeness (QED) is 0.382. The first-order valence-corrected chi connectivity index (χ1v) is 7.44. The van der Waals surface area contributed by atoms with Gasteiger partial charge in [0.25, 0.3) is 0 Å². The second kappa shape index (κ2) is 11.9. The summed E-state index contributed by atoms with van der Waals surface area (Å²) in [6.45, 7) is 6.19. The summed E-state index contributed by atoms with van der Waals surface area (Å²) in [4.78, 5) is 11.2. The number of esters is 1. The molecule has 0 amide bonds. The van der Waals surface area contributed by atoms with Gasteiger partial charge in [-0.3, -0.25) is 4.79 Å². The van der Waals surface area contributed by atoms with E-state index in [-0.39, 0.29) is 12.1 Å². The highest BCUT2D eigenvalue weighted by Crippen LogP contribution is 2.13. The SMILES string of the molecule is CCCCCCCCCC(CC)OC(=O)CC. The van der Waals surface area contributed by atoms with Crippen LogP contribution in [-0.2, 0) is 9.53 Å². The summed E-state index contributed by atoms with van der Waals surface area (Å²) in [6, 6.07) is 0. The average Bonchev–Trinajstić information content (AvgIpc) is 2.35. The maximum Gasteiger partial charge on any atom is 0.305 e. The standard InChI is InChI=1S/C15H30O2/c1-4-7-8-9-10-11-12-13-14(5-2)17-15(16)6-3/h14H,4-13H2,1-3H3. The third-order valence-corrected chi connectivity index (χ3v) is 3.17. The smallest absolute Gasteiger partial charge is 0.305 e. The highest BCUT2D eigenvalue weighted by atomic mass is 16.5. The second-order valence-electron chi connectivity index (χ2n) is 4.78. The van der Waals surface area contributed by atoms with Gasteiger partial charge in [0, 0.05) is 6.42 Å². The molecule has 0 heterocycles. The molecule has 0 fully saturated rings. The fourth-order valence-electron chi connectivity index (χ4n) is 1.94. The van der Waals surface area contributed by atoms with E-state index in [9.17, 15) is 4.79 Å². The van der Waals surface area contributed by atoms with Crippen molar-refractivity contribution in [1.29, 1.82) is 0 Å². The number of ether oxygens (including phenoxy) is 1. The van der Waals surface area contributed by atoms with E-state index in [0.29, 0.717) is 6.42 Å². The van der Waals surface area contributed by atoms with Crippen LogP contribution >= 0.6 is 0 Å². The molecule has 0 saturated carbocycles. The second-order valence-corrected chi connectivity index (χ2v) is 4.78. The van der Waals surface area contributed by atoms with Crippen LogP contribution in [0.1, 0.15) is 85.0 Å². The van der Waals surface area contributed by atoms with Crippen molar-refractivity contribution in [2.75, 3.05) is 0 Å². The molecule has 1 unspecified atom stereocenters. The Morgan fingerprint density at radius 3 is 2.06 bits per heavy atom. The molecular formula is C15H30O2. The highest BCUT2D eigenvalue weighted by molar-refractivity contribution is 5.69. The van der Waals surface area contributed by atoms with Gasteiger partial charge in [0.05, 0.1) is 0 Å². The van der Waals surface area contributed by atoms with E-state index >= 15 is 0 Å². The summed E-state index contributed by atoms with van der Waals surface area (Å²) in [5, 5.41) is 0. The molecule has 0 N–H and O–H groups in total. The number of carbonyl (C=O) groups is 1. The first-order valence-electron chi connectivity index (χ1n) is 7.44. The Morgan fingerprint density at radius 2 is 1.53 bits per heavy atom. The Bertz CT molecular complexity index is 178. The summed E-state index contributed by atoms with van der Waals surface area (Å²) < 4.78 is 5.35. The van der Waals surface area contributed by atoms with E-state index < -0.39 is 0 Å². The van der Waals surface area contributed by atoms with E-state index in [2.05, 4.69) is 13.8 Å². The fourth-order valence-corrected chi connectivity index (χ4v) is 1.94. The van der Waals surface area contributed by atoms with E-state index in [1.807, 2.05) is 6.92 Å². The van der Waals surface area contributed by atoms with Gasteiger partial charge in [-0.25, -0.2) is 0 Å². The molecule has 0 aromatic carbocycles. The van der Waals surface area contributed by atoms with Crippen LogP contribution in [-0.4, -0.2) is 12.1 Å². The third-order valence-electron chi connectivity index (χ3n) is 3.17. The lowest BCUT2D eigenvalue weighted by Crippen LogP contribution is -2.16. The van der Waals surface area contributed by atoms with Gasteiger partial charge in [-0.15, -0.1) is 0 Å². The molecule has 0 aliphatic carbocycles. The van der Waals surface area contributed by atoms with Gasteiger partial charge in [0.1, 0.15) is 6.10 Å². The van der Waals surface area contributed by atoms with Gasteiger partial charge in [-0.05, 0) is 19.3 Å². The van der Waals surface area contributed by atoms with Crippen LogP contribution in [0.3, 0.4) is 0 Å². The Morgan fingerprint density at radius 1 is 0.941 bits per heavy atom. The minimum absolute atomic E-state index is 0.0557. The van der Waals surface area contributed by atoms with Crippen molar-refractivity contribution in [1.82, 2.24) is 0 Å². The summed E-state index contributed by atoms with van der Waals surface area (Å²) in [7, 11) is 0. The van der Waals surface area contributed by atoms with Crippen molar-refractivity contribution in [3.05, 3.63) is 0 Å². The Hall–Kier alpha value is -0.530. The molecule has 0 aromatic rings. The number of rotatable bonds is 11. The van der Waals surface area contributed by atoms with Crippen molar-refractivity contribution < 1.29 is 9.53 Å². The van der Waals surface area contributed by atoms with Gasteiger partial charge in [-0.2, -0.15) is 0 Å². The van der Waals surface area contributed by atoms with Gasteiger partial charge in [0.15, 0.2) is 0 Å². The minimum Gasteiger partial charge on any atom is -0.462 e. The lowest BCUT2D eigenvalue weighted by atomic mass is 10.1. The number of carbonyl (C=O) groups excluding carboxylic acids is 1. The molecule has 0 radical (unpaired) electrons. The van der Waals surface area contributed by atoms with Crippen molar-refractivity contribution in [3.63, 3.8) is 0 Å². The van der Waals surface area contributed by atoms with Gasteiger partial charge in [0.2, 0.25) is 0 Å². The summed E-state index contributed by atoms with van der Waals surface area (Å²) >= 11 is 0. The molecule has 0 aliphatic rings. The third kappa shape index (κ3) is 10.3. The van der Waals surface area contributed by atoms with Crippen LogP contribution < -0.4 is 0 Å².